The van der Waals surface area contributed by atoms with Gasteiger partial charge in [-0.25, -0.2) is 4.98 Å². The van der Waals surface area contributed by atoms with Crippen LogP contribution in [0.5, 0.6) is 5.75 Å². The van der Waals surface area contributed by atoms with Gasteiger partial charge < -0.3 is 14.4 Å². The number of morpholine rings is 1. The molecule has 0 bridgehead atoms. The number of anilines is 2. The molecule has 34 heavy (non-hydrogen) atoms. The molecular weight excluding hydrogens is 521 g/mol. The number of carbonyl (C=O) groups is 2. The van der Waals surface area contributed by atoms with Crippen molar-refractivity contribution in [1.29, 1.82) is 0 Å². The first-order chi connectivity index (χ1) is 16.3. The molecule has 2 heterocycles. The van der Waals surface area contributed by atoms with Gasteiger partial charge in [0.2, 0.25) is 0 Å². The van der Waals surface area contributed by atoms with Gasteiger partial charge in [-0.2, -0.15) is 0 Å². The Morgan fingerprint density at radius 3 is 2.50 bits per heavy atom. The summed E-state index contributed by atoms with van der Waals surface area (Å²) in [7, 11) is 1.49. The van der Waals surface area contributed by atoms with E-state index in [2.05, 4.69) is 4.98 Å². The largest absolute Gasteiger partial charge is 0.495 e. The molecule has 2 aromatic carbocycles. The summed E-state index contributed by atoms with van der Waals surface area (Å²) in [5, 5.41) is 1.31. The Bertz CT molecular complexity index is 1240. The minimum Gasteiger partial charge on any atom is -0.495 e. The second kappa shape index (κ2) is 10.5. The highest BCUT2D eigenvalue weighted by Gasteiger charge is 2.29. The molecule has 0 unspecified atom stereocenters. The Morgan fingerprint density at radius 2 is 1.82 bits per heavy atom. The average Bonchev–Trinajstić information content (AvgIpc) is 3.21. The van der Waals surface area contributed by atoms with Crippen molar-refractivity contribution in [2.24, 2.45) is 0 Å². The van der Waals surface area contributed by atoms with Crippen LogP contribution in [0.4, 0.5) is 10.8 Å². The third-order valence-corrected chi connectivity index (χ3v) is 7.05. The van der Waals surface area contributed by atoms with Crippen molar-refractivity contribution in [1.82, 2.24) is 9.88 Å². The lowest BCUT2D eigenvalue weighted by molar-refractivity contribution is 0.0299. The fourth-order valence-corrected chi connectivity index (χ4v) is 5.08. The van der Waals surface area contributed by atoms with Crippen molar-refractivity contribution in [2.75, 3.05) is 38.3 Å². The van der Waals surface area contributed by atoms with Crippen LogP contribution in [-0.4, -0.2) is 55.1 Å². The summed E-state index contributed by atoms with van der Waals surface area (Å²) < 4.78 is 10.7. The lowest BCUT2D eigenvalue weighted by atomic mass is 10.2. The molecule has 7 nitrogen and oxygen atoms in total. The maximum atomic E-state index is 13.7. The molecule has 3 aromatic rings. The molecule has 0 atom stereocenters. The summed E-state index contributed by atoms with van der Waals surface area (Å²) in [6.45, 7) is 3.73. The first-order valence-electron chi connectivity index (χ1n) is 10.3. The summed E-state index contributed by atoms with van der Waals surface area (Å²) in [4.78, 5) is 35.2. The van der Waals surface area contributed by atoms with E-state index in [-0.39, 0.29) is 16.5 Å². The number of ether oxygens (including phenoxy) is 2. The summed E-state index contributed by atoms with van der Waals surface area (Å²) in [5.41, 5.74) is 0.980. The van der Waals surface area contributed by atoms with E-state index in [1.54, 1.807) is 42.2 Å². The third-order valence-electron chi connectivity index (χ3n) is 5.23. The summed E-state index contributed by atoms with van der Waals surface area (Å²) in [6, 6.07) is 9.56. The first kappa shape index (κ1) is 24.8. The van der Waals surface area contributed by atoms with Crippen molar-refractivity contribution < 1.29 is 19.1 Å². The van der Waals surface area contributed by atoms with Crippen molar-refractivity contribution in [3.63, 3.8) is 0 Å². The topological polar surface area (TPSA) is 72.0 Å². The van der Waals surface area contributed by atoms with Gasteiger partial charge >= 0.3 is 0 Å². The number of amides is 2. The van der Waals surface area contributed by atoms with E-state index in [9.17, 15) is 9.59 Å². The summed E-state index contributed by atoms with van der Waals surface area (Å²) >= 11 is 19.8. The second-order valence-electron chi connectivity index (χ2n) is 7.39. The van der Waals surface area contributed by atoms with Crippen molar-refractivity contribution in [3.05, 3.63) is 67.6 Å². The number of nitrogens with zero attached hydrogens (tertiary/aromatic N) is 3. The van der Waals surface area contributed by atoms with Gasteiger partial charge in [-0.05, 0) is 37.3 Å². The monoisotopic (exact) mass is 539 g/mol. The van der Waals surface area contributed by atoms with Crippen LogP contribution in [0.3, 0.4) is 0 Å². The number of methoxy groups -OCH3 is 1. The molecule has 11 heteroatoms. The summed E-state index contributed by atoms with van der Waals surface area (Å²) in [5.74, 6) is -0.254. The average molecular weight is 541 g/mol. The highest BCUT2D eigenvalue weighted by molar-refractivity contribution is 7.16. The molecule has 0 aliphatic carbocycles. The van der Waals surface area contributed by atoms with Gasteiger partial charge in [-0.3, -0.25) is 14.5 Å². The minimum absolute atomic E-state index is 0.196. The van der Waals surface area contributed by atoms with E-state index in [1.165, 1.54) is 29.4 Å². The number of rotatable bonds is 5. The molecule has 1 aliphatic rings. The van der Waals surface area contributed by atoms with Crippen LogP contribution < -0.4 is 9.64 Å². The lowest BCUT2D eigenvalue weighted by Crippen LogP contribution is -2.41. The fourth-order valence-electron chi connectivity index (χ4n) is 3.48. The Morgan fingerprint density at radius 1 is 1.09 bits per heavy atom. The van der Waals surface area contributed by atoms with Crippen molar-refractivity contribution in [2.45, 2.75) is 6.92 Å². The Labute approximate surface area is 215 Å². The van der Waals surface area contributed by atoms with E-state index in [0.717, 1.165) is 0 Å². The number of hydrogen-bond donors (Lipinski definition) is 0. The fraction of sp³-hybridized carbons (Fsp3) is 0.261. The van der Waals surface area contributed by atoms with E-state index in [0.29, 0.717) is 63.5 Å². The number of aryl methyl sites for hydroxylation is 1. The SMILES string of the molecule is COc1cc(N(C(=O)c2ccc(Cl)cc2Cl)c2nc(C(=O)N3CCOCC3)c(C)s2)ccc1Cl. The van der Waals surface area contributed by atoms with Crippen LogP contribution in [0.2, 0.25) is 15.1 Å². The smallest absolute Gasteiger partial charge is 0.273 e. The molecular formula is C23H20Cl3N3O4S. The van der Waals surface area contributed by atoms with Crippen LogP contribution in [0.15, 0.2) is 36.4 Å². The number of thiazole rings is 1. The van der Waals surface area contributed by atoms with E-state index in [4.69, 9.17) is 44.3 Å². The van der Waals surface area contributed by atoms with E-state index in [1.807, 2.05) is 0 Å². The predicted octanol–water partition coefficient (Wildman–Crippen LogP) is 5.87. The van der Waals surface area contributed by atoms with Crippen LogP contribution in [0, 0.1) is 6.92 Å². The maximum absolute atomic E-state index is 13.7. The number of carbonyl (C=O) groups excluding carboxylic acids is 2. The zero-order chi connectivity index (χ0) is 24.4. The van der Waals surface area contributed by atoms with Gasteiger partial charge in [0.25, 0.3) is 11.8 Å². The molecule has 178 valence electrons. The van der Waals surface area contributed by atoms with E-state index < -0.39 is 5.91 Å². The molecule has 2 amide bonds. The van der Waals surface area contributed by atoms with Crippen LogP contribution in [0.25, 0.3) is 0 Å². The maximum Gasteiger partial charge on any atom is 0.273 e. The lowest BCUT2D eigenvalue weighted by Gasteiger charge is -2.26. The predicted molar refractivity (Wildman–Crippen MR) is 135 cm³/mol. The molecule has 0 saturated carbocycles. The van der Waals surface area contributed by atoms with E-state index >= 15 is 0 Å². The highest BCUT2D eigenvalue weighted by Crippen LogP contribution is 2.38. The van der Waals surface area contributed by atoms with Gasteiger partial charge in [0.05, 0.1) is 41.6 Å². The number of hydrogen-bond acceptors (Lipinski definition) is 6. The number of benzene rings is 2. The molecule has 1 aliphatic heterocycles. The van der Waals surface area contributed by atoms with Crippen LogP contribution in [-0.2, 0) is 4.74 Å². The molecule has 0 spiro atoms. The van der Waals surface area contributed by atoms with Gasteiger partial charge in [0.15, 0.2) is 5.13 Å². The molecule has 1 saturated heterocycles. The highest BCUT2D eigenvalue weighted by atomic mass is 35.5. The Kier molecular flexibility index (Phi) is 7.64. The molecule has 4 rings (SSSR count). The van der Waals surface area contributed by atoms with Gasteiger partial charge in [0.1, 0.15) is 11.4 Å². The van der Waals surface area contributed by atoms with Crippen LogP contribution in [0.1, 0.15) is 25.7 Å². The van der Waals surface area contributed by atoms with Gasteiger partial charge in [-0.1, -0.05) is 34.8 Å². The summed E-state index contributed by atoms with van der Waals surface area (Å²) in [6.07, 6.45) is 0. The number of halogens is 3. The minimum atomic E-state index is -0.440. The molecule has 1 aromatic heterocycles. The normalized spacial score (nSPS) is 13.6. The molecule has 1 fully saturated rings. The van der Waals surface area contributed by atoms with Crippen molar-refractivity contribution >= 4 is 68.8 Å². The van der Waals surface area contributed by atoms with Gasteiger partial charge in [0, 0.05) is 29.1 Å². The Balaban J connectivity index is 1.80. The number of aromatic nitrogens is 1. The first-order valence-corrected chi connectivity index (χ1v) is 12.2. The van der Waals surface area contributed by atoms with Crippen molar-refractivity contribution in [3.8, 4) is 5.75 Å². The van der Waals surface area contributed by atoms with Gasteiger partial charge in [-0.15, -0.1) is 11.3 Å². The molecule has 0 radical (unpaired) electrons. The Hall–Kier alpha value is -2.36. The standard InChI is InChI=1S/C23H20Cl3N3O4S/c1-13-20(22(31)28-7-9-33-10-8-28)27-23(34-13)29(15-4-6-17(25)19(12-15)32-2)21(30)16-5-3-14(24)11-18(16)26/h3-6,11-12H,7-10H2,1-2H3. The van der Waals surface area contributed by atoms with Crippen LogP contribution >= 0.6 is 46.1 Å². The second-order valence-corrected chi connectivity index (χ2v) is 9.82. The zero-order valence-corrected chi connectivity index (χ0v) is 21.4. The quantitative estimate of drug-likeness (QED) is 0.405. The third kappa shape index (κ3) is 5.01. The zero-order valence-electron chi connectivity index (χ0n) is 18.3. The molecule has 0 N–H and O–H groups in total.